The van der Waals surface area contributed by atoms with Crippen molar-refractivity contribution in [1.29, 1.82) is 0 Å². The smallest absolute Gasteiger partial charge is 0.137 e. The molecule has 5 nitrogen and oxygen atoms in total. The van der Waals surface area contributed by atoms with E-state index in [1.54, 1.807) is 0 Å². The van der Waals surface area contributed by atoms with Gasteiger partial charge in [-0.05, 0) is 136 Å². The fraction of sp³-hybridized carbons (Fsp3) is 0.175. The maximum absolute atomic E-state index is 14.6. The average Bonchev–Trinajstić information content (AvgIpc) is 3.84. The van der Waals surface area contributed by atoms with Crippen LogP contribution in [0, 0.1) is 11.6 Å². The molecule has 318 valence electrons. The monoisotopic (exact) mass is 844 g/mol. The second-order valence-corrected chi connectivity index (χ2v) is 17.7. The number of rotatable bonds is 10. The molecule has 1 aliphatic rings. The largest absolute Gasteiger partial charge is 0.457 e. The minimum Gasteiger partial charge on any atom is -0.457 e. The summed E-state index contributed by atoms with van der Waals surface area (Å²) in [7, 11) is 0. The lowest BCUT2D eigenvalue weighted by atomic mass is 9.87. The Kier molecular flexibility index (Phi) is 10.5. The molecule has 64 heavy (non-hydrogen) atoms. The van der Waals surface area contributed by atoms with Gasteiger partial charge in [0, 0.05) is 46.5 Å². The van der Waals surface area contributed by atoms with Gasteiger partial charge in [0.15, 0.2) is 0 Å². The van der Waals surface area contributed by atoms with E-state index < -0.39 is 11.6 Å². The second kappa shape index (κ2) is 16.5. The zero-order valence-electron chi connectivity index (χ0n) is 37.0. The van der Waals surface area contributed by atoms with Crippen molar-refractivity contribution in [3.8, 4) is 39.6 Å². The van der Waals surface area contributed by atoms with Gasteiger partial charge in [-0.2, -0.15) is 0 Å². The Morgan fingerprint density at radius 2 is 1.12 bits per heavy atom. The zero-order chi connectivity index (χ0) is 44.2. The van der Waals surface area contributed by atoms with Crippen LogP contribution in [0.1, 0.15) is 76.0 Å². The van der Waals surface area contributed by atoms with Gasteiger partial charge in [0.25, 0.3) is 0 Å². The number of nitrogens with zero attached hydrogens (tertiary/aromatic N) is 4. The number of halogens is 2. The molecule has 0 spiro atoms. The summed E-state index contributed by atoms with van der Waals surface area (Å²) in [6.45, 7) is 13.8. The van der Waals surface area contributed by atoms with Crippen LogP contribution >= 0.6 is 0 Å². The molecule has 1 aliphatic heterocycles. The molecule has 0 unspecified atom stereocenters. The Labute approximate surface area is 373 Å². The molecule has 0 saturated heterocycles. The Morgan fingerprint density at radius 3 is 1.83 bits per heavy atom. The lowest BCUT2D eigenvalue weighted by Crippen LogP contribution is -2.26. The van der Waals surface area contributed by atoms with E-state index in [9.17, 15) is 8.78 Å². The summed E-state index contributed by atoms with van der Waals surface area (Å²) in [5.74, 6) is 1.66. The number of hydrogen-bond acceptors (Lipinski definition) is 4. The molecular formula is C57H50F2N4O. The summed E-state index contributed by atoms with van der Waals surface area (Å²) < 4.78 is 38.4. The highest BCUT2D eigenvalue weighted by Gasteiger charge is 2.33. The first kappa shape index (κ1) is 40.8. The van der Waals surface area contributed by atoms with Crippen molar-refractivity contribution in [3.05, 3.63) is 192 Å². The molecule has 0 fully saturated rings. The van der Waals surface area contributed by atoms with Crippen LogP contribution in [0.4, 0.5) is 31.5 Å². The first-order valence-electron chi connectivity index (χ1n) is 22.2. The van der Waals surface area contributed by atoms with Crippen LogP contribution in [0.25, 0.3) is 49.9 Å². The third-order valence-electron chi connectivity index (χ3n) is 12.5. The van der Waals surface area contributed by atoms with Crippen molar-refractivity contribution in [3.63, 3.8) is 0 Å². The van der Waals surface area contributed by atoms with E-state index >= 15 is 0 Å². The van der Waals surface area contributed by atoms with Crippen molar-refractivity contribution < 1.29 is 13.5 Å². The predicted molar refractivity (Wildman–Crippen MR) is 260 cm³/mol. The van der Waals surface area contributed by atoms with Gasteiger partial charge < -0.3 is 14.5 Å². The highest BCUT2D eigenvalue weighted by molar-refractivity contribution is 6.09. The van der Waals surface area contributed by atoms with Crippen LogP contribution in [0.5, 0.6) is 11.5 Å². The van der Waals surface area contributed by atoms with Gasteiger partial charge in [-0.15, -0.1) is 0 Å². The lowest BCUT2D eigenvalue weighted by Gasteiger charge is -2.30. The molecule has 2 aromatic heterocycles. The first-order valence-corrected chi connectivity index (χ1v) is 22.2. The van der Waals surface area contributed by atoms with E-state index in [2.05, 4.69) is 177 Å². The first-order chi connectivity index (χ1) is 31.0. The number of benzene rings is 7. The maximum Gasteiger partial charge on any atom is 0.137 e. The molecule has 0 radical (unpaired) electrons. The maximum atomic E-state index is 14.6. The highest BCUT2D eigenvalue weighted by atomic mass is 19.1. The molecule has 0 bridgehead atoms. The fourth-order valence-electron chi connectivity index (χ4n) is 9.49. The van der Waals surface area contributed by atoms with Crippen molar-refractivity contribution in [2.24, 2.45) is 0 Å². The Hall–Kier alpha value is -7.25. The molecular weight excluding hydrogens is 795 g/mol. The van der Waals surface area contributed by atoms with E-state index in [0.717, 1.165) is 95.8 Å². The van der Waals surface area contributed by atoms with Crippen LogP contribution in [-0.4, -0.2) is 16.2 Å². The van der Waals surface area contributed by atoms with Gasteiger partial charge >= 0.3 is 0 Å². The highest BCUT2D eigenvalue weighted by Crippen LogP contribution is 2.50. The number of anilines is 4. The van der Waals surface area contributed by atoms with Crippen LogP contribution in [0.2, 0.25) is 0 Å². The van der Waals surface area contributed by atoms with E-state index in [1.807, 2.05) is 24.4 Å². The van der Waals surface area contributed by atoms with Crippen molar-refractivity contribution in [2.75, 3.05) is 16.5 Å². The number of fused-ring (bicyclic) bond motifs is 4. The summed E-state index contributed by atoms with van der Waals surface area (Å²) in [6.07, 6.45) is 1.83. The van der Waals surface area contributed by atoms with Gasteiger partial charge in [-0.3, -0.25) is 4.57 Å². The van der Waals surface area contributed by atoms with Crippen molar-refractivity contribution in [2.45, 2.75) is 59.3 Å². The molecule has 0 saturated carbocycles. The molecule has 7 heteroatoms. The Bertz CT molecular complexity index is 3160. The number of ether oxygens (including phenoxy) is 1. The summed E-state index contributed by atoms with van der Waals surface area (Å²) in [5.41, 5.74) is 13.4. The van der Waals surface area contributed by atoms with Crippen molar-refractivity contribution in [1.82, 2.24) is 9.55 Å². The molecule has 0 aliphatic carbocycles. The number of pyridine rings is 1. The number of aromatic nitrogens is 2. The zero-order valence-corrected chi connectivity index (χ0v) is 37.0. The summed E-state index contributed by atoms with van der Waals surface area (Å²) in [4.78, 5) is 9.53. The molecule has 0 N–H and O–H groups in total. The summed E-state index contributed by atoms with van der Waals surface area (Å²) in [5, 5.41) is 2.28. The Morgan fingerprint density at radius 1 is 0.500 bits per heavy atom. The molecule has 10 rings (SSSR count). The SMILES string of the molecule is CC(C)c1ccccc1-c1cc(Oc2ccc3c4ccccc4n(-c4ccccn4)c3c2)cc(N2CN(c3c(C(C)C)cc(-c4cc(F)cc(F)c4)cc3C(C)C)c3ccccc32)c1. The van der Waals surface area contributed by atoms with Crippen LogP contribution in [0.3, 0.4) is 0 Å². The quantitative estimate of drug-likeness (QED) is 0.137. The fourth-order valence-corrected chi connectivity index (χ4v) is 9.49. The molecule has 0 atom stereocenters. The van der Waals surface area contributed by atoms with E-state index in [0.29, 0.717) is 18.2 Å². The molecule has 0 amide bonds. The number of hydrogen-bond donors (Lipinski definition) is 0. The third kappa shape index (κ3) is 7.34. The van der Waals surface area contributed by atoms with Gasteiger partial charge in [0.1, 0.15) is 35.6 Å². The van der Waals surface area contributed by atoms with Gasteiger partial charge in [0.2, 0.25) is 0 Å². The minimum atomic E-state index is -0.588. The van der Waals surface area contributed by atoms with Crippen LogP contribution in [0.15, 0.2) is 164 Å². The lowest BCUT2D eigenvalue weighted by molar-refractivity contribution is 0.483. The summed E-state index contributed by atoms with van der Waals surface area (Å²) in [6, 6.07) is 52.5. The molecule has 7 aromatic carbocycles. The van der Waals surface area contributed by atoms with Crippen molar-refractivity contribution >= 4 is 44.6 Å². The van der Waals surface area contributed by atoms with Crippen LogP contribution in [-0.2, 0) is 0 Å². The minimum absolute atomic E-state index is 0.122. The predicted octanol–water partition coefficient (Wildman–Crippen LogP) is 16.2. The van der Waals surface area contributed by atoms with E-state index in [4.69, 9.17) is 9.72 Å². The standard InChI is InChI=1S/C57H50F2N4O/c1-35(2)46-15-7-8-16-47(46)40-27-43(32-45(28-40)64-44-22-23-49-48-17-9-10-18-52(48)63(55(49)33-44)56-21-13-14-24-60-56)61-34-62(54-20-12-11-19-53(54)61)57-50(36(3)4)29-39(30-51(57)37(5)6)38-25-41(58)31-42(59)26-38/h7-33,35-37H,34H2,1-6H3. The van der Waals surface area contributed by atoms with E-state index in [1.165, 1.54) is 17.7 Å². The normalized spacial score (nSPS) is 12.7. The Balaban J connectivity index is 1.12. The third-order valence-corrected chi connectivity index (χ3v) is 12.5. The van der Waals surface area contributed by atoms with Gasteiger partial charge in [0.05, 0.1) is 22.4 Å². The van der Waals surface area contributed by atoms with Crippen LogP contribution < -0.4 is 14.5 Å². The molecule has 3 heterocycles. The molecule has 9 aromatic rings. The average molecular weight is 845 g/mol. The topological polar surface area (TPSA) is 33.5 Å². The summed E-state index contributed by atoms with van der Waals surface area (Å²) >= 11 is 0. The van der Waals surface area contributed by atoms with Gasteiger partial charge in [-0.1, -0.05) is 102 Å². The van der Waals surface area contributed by atoms with Gasteiger partial charge in [-0.25, -0.2) is 13.8 Å². The van der Waals surface area contributed by atoms with E-state index in [-0.39, 0.29) is 11.8 Å². The second-order valence-electron chi connectivity index (χ2n) is 17.7. The number of para-hydroxylation sites is 3.